The maximum Gasteiger partial charge on any atom is 0.341 e. The monoisotopic (exact) mass is 592 g/mol. The number of carbonyl (C=O) groups excluding carboxylic acids is 2. The van der Waals surface area contributed by atoms with Crippen LogP contribution in [0.25, 0.3) is 21.3 Å². The molecule has 0 atom stereocenters. The third-order valence-electron chi connectivity index (χ3n) is 7.60. The van der Waals surface area contributed by atoms with Crippen molar-refractivity contribution in [3.05, 3.63) is 67.4 Å². The molecule has 41 heavy (non-hydrogen) atoms. The molecule has 0 unspecified atom stereocenters. The molecule has 5 rings (SSSR count). The van der Waals surface area contributed by atoms with E-state index in [1.165, 1.54) is 20.8 Å². The average molecular weight is 593 g/mol. The summed E-state index contributed by atoms with van der Waals surface area (Å²) in [6, 6.07) is 7.87. The Morgan fingerprint density at radius 1 is 1.10 bits per heavy atom. The van der Waals surface area contributed by atoms with Crippen molar-refractivity contribution in [3.8, 4) is 11.1 Å². The number of thiophene rings is 2. The molecule has 1 N–H and O–H groups in total. The zero-order valence-electron chi connectivity index (χ0n) is 24.0. The van der Waals surface area contributed by atoms with Gasteiger partial charge in [-0.15, -0.1) is 22.7 Å². The molecule has 0 spiro atoms. The number of aromatic nitrogens is 2. The van der Waals surface area contributed by atoms with E-state index < -0.39 is 5.97 Å². The first-order valence-electron chi connectivity index (χ1n) is 14.3. The summed E-state index contributed by atoms with van der Waals surface area (Å²) in [4.78, 5) is 49.7. The van der Waals surface area contributed by atoms with Crippen LogP contribution in [0, 0.1) is 6.92 Å². The van der Waals surface area contributed by atoms with Gasteiger partial charge in [0.25, 0.3) is 5.56 Å². The van der Waals surface area contributed by atoms with E-state index in [1.54, 1.807) is 18.3 Å². The number of benzene rings is 1. The van der Waals surface area contributed by atoms with Gasteiger partial charge in [-0.25, -0.2) is 9.78 Å². The number of ether oxygens (including phenoxy) is 1. The molecule has 0 saturated carbocycles. The van der Waals surface area contributed by atoms with E-state index in [1.807, 2.05) is 36.6 Å². The van der Waals surface area contributed by atoms with Crippen LogP contribution in [0.2, 0.25) is 0 Å². The number of rotatable bonds is 10. The predicted octanol–water partition coefficient (Wildman–Crippen LogP) is 6.03. The van der Waals surface area contributed by atoms with Crippen LogP contribution in [-0.2, 0) is 35.5 Å². The summed E-state index contributed by atoms with van der Waals surface area (Å²) < 4.78 is 6.88. The number of nitrogens with zero attached hydrogens (tertiary/aromatic N) is 3. The number of carbonyl (C=O) groups is 2. The van der Waals surface area contributed by atoms with E-state index in [-0.39, 0.29) is 24.6 Å². The van der Waals surface area contributed by atoms with Crippen LogP contribution in [0.3, 0.4) is 0 Å². The Kier molecular flexibility index (Phi) is 9.01. The summed E-state index contributed by atoms with van der Waals surface area (Å²) in [5.41, 5.74) is 3.94. The zero-order chi connectivity index (χ0) is 29.1. The molecule has 8 nitrogen and oxygen atoms in total. The lowest BCUT2D eigenvalue weighted by Gasteiger charge is -2.20. The largest absolute Gasteiger partial charge is 0.462 e. The minimum Gasteiger partial charge on any atom is -0.462 e. The minimum atomic E-state index is -0.494. The van der Waals surface area contributed by atoms with Crippen LogP contribution in [0.15, 0.2) is 34.4 Å². The van der Waals surface area contributed by atoms with Crippen molar-refractivity contribution >= 4 is 49.8 Å². The first-order valence-corrected chi connectivity index (χ1v) is 16.0. The maximum atomic E-state index is 14.0. The molecule has 0 fully saturated rings. The highest BCUT2D eigenvalue weighted by Gasteiger charge is 2.26. The van der Waals surface area contributed by atoms with E-state index in [2.05, 4.69) is 24.1 Å². The Bertz CT molecular complexity index is 1630. The lowest BCUT2D eigenvalue weighted by atomic mass is 9.97. The van der Waals surface area contributed by atoms with Crippen LogP contribution >= 0.6 is 22.7 Å². The lowest BCUT2D eigenvalue weighted by Crippen LogP contribution is -2.34. The molecule has 4 aromatic rings. The zero-order valence-corrected chi connectivity index (χ0v) is 25.7. The van der Waals surface area contributed by atoms with Gasteiger partial charge in [-0.3, -0.25) is 19.1 Å². The van der Waals surface area contributed by atoms with Gasteiger partial charge in [-0.2, -0.15) is 0 Å². The summed E-state index contributed by atoms with van der Waals surface area (Å²) in [6.07, 6.45) is 4.02. The van der Waals surface area contributed by atoms with Crippen molar-refractivity contribution in [3.63, 3.8) is 0 Å². The van der Waals surface area contributed by atoms with Gasteiger partial charge in [-0.05, 0) is 63.7 Å². The fourth-order valence-electron chi connectivity index (χ4n) is 5.32. The Labute approximate surface area is 248 Å². The fraction of sp³-hybridized carbons (Fsp3) is 0.419. The standard InChI is InChI=1S/C31H36N4O4S2/c1-5-34(6-2)16-24-32-29-26(21-10-8-9-11-23(21)41-29)30(37)35(24)17-25(36)33-28-27(31(38)39-7-3)22(18-40-28)20-14-12-19(4)13-15-20/h12-15,18H,5-11,16-17H2,1-4H3,(H,33,36). The van der Waals surface area contributed by atoms with E-state index in [4.69, 9.17) is 9.72 Å². The van der Waals surface area contributed by atoms with E-state index in [9.17, 15) is 14.4 Å². The summed E-state index contributed by atoms with van der Waals surface area (Å²) in [5, 5.41) is 5.84. The molecule has 216 valence electrons. The van der Waals surface area contributed by atoms with Gasteiger partial charge in [0.15, 0.2) is 0 Å². The number of anilines is 1. The lowest BCUT2D eigenvalue weighted by molar-refractivity contribution is -0.116. The van der Waals surface area contributed by atoms with Gasteiger partial charge in [0.2, 0.25) is 5.91 Å². The quantitative estimate of drug-likeness (QED) is 0.226. The van der Waals surface area contributed by atoms with Crippen LogP contribution in [0.5, 0.6) is 0 Å². The Hall–Kier alpha value is -3.34. The van der Waals surface area contributed by atoms with Crippen molar-refractivity contribution in [1.82, 2.24) is 14.5 Å². The molecule has 10 heteroatoms. The molecule has 1 aliphatic rings. The predicted molar refractivity (Wildman–Crippen MR) is 166 cm³/mol. The van der Waals surface area contributed by atoms with Gasteiger partial charge < -0.3 is 10.1 Å². The second kappa shape index (κ2) is 12.7. The Balaban J connectivity index is 1.51. The van der Waals surface area contributed by atoms with Crippen LogP contribution in [0.4, 0.5) is 5.00 Å². The fourth-order valence-corrected chi connectivity index (χ4v) is 7.57. The molecule has 3 heterocycles. The third-order valence-corrected chi connectivity index (χ3v) is 9.68. The van der Waals surface area contributed by atoms with Gasteiger partial charge in [0.1, 0.15) is 27.8 Å². The van der Waals surface area contributed by atoms with E-state index in [0.717, 1.165) is 60.3 Å². The maximum absolute atomic E-state index is 14.0. The van der Waals surface area contributed by atoms with Crippen LogP contribution in [0.1, 0.15) is 65.8 Å². The van der Waals surface area contributed by atoms with Crippen molar-refractivity contribution in [1.29, 1.82) is 0 Å². The number of amides is 1. The van der Waals surface area contributed by atoms with Crippen molar-refractivity contribution < 1.29 is 14.3 Å². The second-order valence-corrected chi connectivity index (χ2v) is 12.2. The highest BCUT2D eigenvalue weighted by atomic mass is 32.1. The molecule has 1 amide bonds. The number of hydrogen-bond donors (Lipinski definition) is 1. The minimum absolute atomic E-state index is 0.163. The SMILES string of the molecule is CCOC(=O)c1c(-c2ccc(C)cc2)csc1NC(=O)Cn1c(CN(CC)CC)nc2sc3c(c2c1=O)CCCC3. The summed E-state index contributed by atoms with van der Waals surface area (Å²) in [5.74, 6) is -0.301. The van der Waals surface area contributed by atoms with Gasteiger partial charge in [0.05, 0.1) is 18.5 Å². The van der Waals surface area contributed by atoms with Gasteiger partial charge in [0, 0.05) is 15.8 Å². The van der Waals surface area contributed by atoms with Crippen LogP contribution in [-0.4, -0.2) is 46.0 Å². The summed E-state index contributed by atoms with van der Waals surface area (Å²) >= 11 is 2.89. The van der Waals surface area contributed by atoms with Gasteiger partial charge >= 0.3 is 5.97 Å². The molecular weight excluding hydrogens is 556 g/mol. The second-order valence-electron chi connectivity index (χ2n) is 10.3. The number of fused-ring (bicyclic) bond motifs is 3. The number of aryl methyl sites for hydroxylation is 3. The van der Waals surface area contributed by atoms with Crippen molar-refractivity contribution in [2.45, 2.75) is 66.5 Å². The average Bonchev–Trinajstić information content (AvgIpc) is 3.55. The highest BCUT2D eigenvalue weighted by Crippen LogP contribution is 2.37. The van der Waals surface area contributed by atoms with E-state index >= 15 is 0 Å². The molecule has 0 saturated heterocycles. The third kappa shape index (κ3) is 6.00. The first-order chi connectivity index (χ1) is 19.8. The highest BCUT2D eigenvalue weighted by molar-refractivity contribution is 7.18. The molecule has 1 aromatic carbocycles. The summed E-state index contributed by atoms with van der Waals surface area (Å²) in [6.45, 7) is 10.0. The molecule has 1 aliphatic carbocycles. The number of esters is 1. The normalized spacial score (nSPS) is 13.0. The number of hydrogen-bond acceptors (Lipinski definition) is 8. The van der Waals surface area contributed by atoms with E-state index in [0.29, 0.717) is 33.9 Å². The molecule has 0 radical (unpaired) electrons. The molecule has 0 bridgehead atoms. The van der Waals surface area contributed by atoms with Crippen molar-refractivity contribution in [2.75, 3.05) is 25.0 Å². The molecule has 3 aromatic heterocycles. The van der Waals surface area contributed by atoms with Crippen molar-refractivity contribution in [2.24, 2.45) is 0 Å². The van der Waals surface area contributed by atoms with Gasteiger partial charge in [-0.1, -0.05) is 43.7 Å². The number of nitrogens with one attached hydrogen (secondary N) is 1. The summed E-state index contributed by atoms with van der Waals surface area (Å²) in [7, 11) is 0. The topological polar surface area (TPSA) is 93.5 Å². The first kappa shape index (κ1) is 29.2. The molecular formula is C31H36N4O4S2. The Morgan fingerprint density at radius 3 is 2.54 bits per heavy atom. The molecule has 0 aliphatic heterocycles. The smallest absolute Gasteiger partial charge is 0.341 e. The Morgan fingerprint density at radius 2 is 1.83 bits per heavy atom. The van der Waals surface area contributed by atoms with Crippen LogP contribution < -0.4 is 10.9 Å².